The molecule has 2 aromatic heterocycles. The van der Waals surface area contributed by atoms with E-state index in [1.165, 1.54) is 22.8 Å². The lowest BCUT2D eigenvalue weighted by molar-refractivity contribution is -0.117. The predicted octanol–water partition coefficient (Wildman–Crippen LogP) is -0.422. The molecule has 0 saturated carbocycles. The third-order valence-corrected chi connectivity index (χ3v) is 5.34. The molecular weight excluding hydrogens is 446 g/mol. The fourth-order valence-electron chi connectivity index (χ4n) is 3.52. The van der Waals surface area contributed by atoms with E-state index in [2.05, 4.69) is 25.6 Å². The van der Waals surface area contributed by atoms with Crippen LogP contribution in [0, 0.1) is 6.92 Å². The molecule has 4 rings (SSSR count). The number of primary amides is 1. The highest BCUT2D eigenvalue weighted by molar-refractivity contribution is 5.82. The Kier molecular flexibility index (Phi) is 6.86. The number of nitrogens with zero attached hydrogens (tertiary/aromatic N) is 4. The second kappa shape index (κ2) is 9.99. The molecule has 1 aliphatic heterocycles. The van der Waals surface area contributed by atoms with Crippen molar-refractivity contribution in [1.29, 1.82) is 0 Å². The summed E-state index contributed by atoms with van der Waals surface area (Å²) < 4.78 is 12.2. The molecule has 0 radical (unpaired) electrons. The van der Waals surface area contributed by atoms with Gasteiger partial charge in [-0.25, -0.2) is 19.7 Å². The van der Waals surface area contributed by atoms with Crippen LogP contribution in [0.25, 0.3) is 11.2 Å². The zero-order valence-electron chi connectivity index (χ0n) is 18.3. The van der Waals surface area contributed by atoms with Gasteiger partial charge in [0.2, 0.25) is 5.91 Å². The van der Waals surface area contributed by atoms with E-state index < -0.39 is 36.5 Å². The van der Waals surface area contributed by atoms with Crippen molar-refractivity contribution in [2.45, 2.75) is 38.0 Å². The number of hydrogen-bond donors (Lipinski definition) is 5. The topological polar surface area (TPSA) is 187 Å². The number of alkyl carbamates (subject to hydrolysis) is 1. The summed E-state index contributed by atoms with van der Waals surface area (Å²) in [6.07, 6.45) is -2.83. The number of aromatic nitrogens is 4. The van der Waals surface area contributed by atoms with Gasteiger partial charge in [-0.1, -0.05) is 29.8 Å². The van der Waals surface area contributed by atoms with Gasteiger partial charge in [0.25, 0.3) is 0 Å². The number of nitrogens with one attached hydrogen (secondary N) is 2. The molecule has 13 nitrogen and oxygen atoms in total. The molecule has 180 valence electrons. The SMILES string of the molecule is Cc1ccc(CNc2ncnc3c2ncn3[C@@H]2O[C@H](COC(=O)NCC(N)=O)C(O)[C@@H]2O)cc1. The Balaban J connectivity index is 1.44. The van der Waals surface area contributed by atoms with Gasteiger partial charge in [-0.15, -0.1) is 0 Å². The van der Waals surface area contributed by atoms with E-state index in [1.807, 2.05) is 31.2 Å². The van der Waals surface area contributed by atoms with Crippen LogP contribution in [0.2, 0.25) is 0 Å². The summed E-state index contributed by atoms with van der Waals surface area (Å²) in [7, 11) is 0. The molecular formula is C21H25N7O6. The van der Waals surface area contributed by atoms with Gasteiger partial charge in [0.15, 0.2) is 23.2 Å². The van der Waals surface area contributed by atoms with Crippen LogP contribution >= 0.6 is 0 Å². The molecule has 1 fully saturated rings. The minimum atomic E-state index is -1.34. The molecule has 1 unspecified atom stereocenters. The number of aryl methyl sites for hydroxylation is 1. The number of anilines is 1. The zero-order chi connectivity index (χ0) is 24.2. The monoisotopic (exact) mass is 471 g/mol. The number of imidazole rings is 1. The second-order valence-electron chi connectivity index (χ2n) is 7.85. The quantitative estimate of drug-likeness (QED) is 0.289. The number of benzene rings is 1. The first-order chi connectivity index (χ1) is 16.3. The van der Waals surface area contributed by atoms with Crippen molar-refractivity contribution in [3.05, 3.63) is 48.0 Å². The molecule has 34 heavy (non-hydrogen) atoms. The van der Waals surface area contributed by atoms with Crippen molar-refractivity contribution in [3.63, 3.8) is 0 Å². The fraction of sp³-hybridized carbons (Fsp3) is 0.381. The van der Waals surface area contributed by atoms with Crippen LogP contribution in [0.1, 0.15) is 17.4 Å². The van der Waals surface area contributed by atoms with Crippen LogP contribution in [0.5, 0.6) is 0 Å². The number of aliphatic hydroxyl groups excluding tert-OH is 2. The van der Waals surface area contributed by atoms with Gasteiger partial charge in [-0.2, -0.15) is 0 Å². The molecule has 4 atom stereocenters. The van der Waals surface area contributed by atoms with Crippen LogP contribution in [-0.4, -0.2) is 73.2 Å². The van der Waals surface area contributed by atoms with Gasteiger partial charge < -0.3 is 36.1 Å². The Morgan fingerprint density at radius 2 is 1.94 bits per heavy atom. The molecule has 3 heterocycles. The summed E-state index contributed by atoms with van der Waals surface area (Å²) in [5.41, 5.74) is 8.03. The Bertz CT molecular complexity index is 1170. The van der Waals surface area contributed by atoms with Gasteiger partial charge in [-0.3, -0.25) is 9.36 Å². The van der Waals surface area contributed by atoms with E-state index in [0.717, 1.165) is 5.56 Å². The van der Waals surface area contributed by atoms with Crippen LogP contribution in [0.4, 0.5) is 10.6 Å². The highest BCUT2D eigenvalue weighted by atomic mass is 16.6. The third-order valence-electron chi connectivity index (χ3n) is 5.34. The smallest absolute Gasteiger partial charge is 0.407 e. The Morgan fingerprint density at radius 1 is 1.18 bits per heavy atom. The first-order valence-electron chi connectivity index (χ1n) is 10.5. The summed E-state index contributed by atoms with van der Waals surface area (Å²) in [6.45, 7) is 1.80. The van der Waals surface area contributed by atoms with Crippen LogP contribution in [0.3, 0.4) is 0 Å². The molecule has 6 N–H and O–H groups in total. The maximum absolute atomic E-state index is 11.6. The van der Waals surface area contributed by atoms with E-state index in [0.29, 0.717) is 23.5 Å². The lowest BCUT2D eigenvalue weighted by atomic mass is 10.1. The van der Waals surface area contributed by atoms with Crippen molar-refractivity contribution in [2.24, 2.45) is 5.73 Å². The van der Waals surface area contributed by atoms with E-state index in [1.54, 1.807) is 0 Å². The molecule has 0 spiro atoms. The zero-order valence-corrected chi connectivity index (χ0v) is 18.3. The number of hydrogen-bond acceptors (Lipinski definition) is 10. The van der Waals surface area contributed by atoms with E-state index in [4.69, 9.17) is 15.2 Å². The molecule has 1 aromatic carbocycles. The maximum atomic E-state index is 11.6. The average Bonchev–Trinajstić information content (AvgIpc) is 3.37. The lowest BCUT2D eigenvalue weighted by Crippen LogP contribution is -2.38. The number of nitrogens with two attached hydrogens (primary N) is 1. The van der Waals surface area contributed by atoms with Gasteiger partial charge >= 0.3 is 6.09 Å². The van der Waals surface area contributed by atoms with Gasteiger partial charge in [0.05, 0.1) is 12.9 Å². The summed E-state index contributed by atoms with van der Waals surface area (Å²) in [6, 6.07) is 8.07. The molecule has 13 heteroatoms. The summed E-state index contributed by atoms with van der Waals surface area (Å²) in [4.78, 5) is 35.2. The average molecular weight is 471 g/mol. The number of carbonyl (C=O) groups excluding carboxylic acids is 2. The van der Waals surface area contributed by atoms with Crippen LogP contribution in [0.15, 0.2) is 36.9 Å². The molecule has 1 aliphatic rings. The van der Waals surface area contributed by atoms with Gasteiger partial charge in [-0.05, 0) is 12.5 Å². The van der Waals surface area contributed by atoms with E-state index in [9.17, 15) is 19.8 Å². The van der Waals surface area contributed by atoms with Crippen molar-refractivity contribution >= 4 is 29.0 Å². The van der Waals surface area contributed by atoms with Crippen molar-refractivity contribution in [3.8, 4) is 0 Å². The number of aliphatic hydroxyl groups is 2. The van der Waals surface area contributed by atoms with Crippen LogP contribution < -0.4 is 16.4 Å². The molecule has 2 amide bonds. The molecule has 0 bridgehead atoms. The Morgan fingerprint density at radius 3 is 2.68 bits per heavy atom. The molecule has 0 aliphatic carbocycles. The highest BCUT2D eigenvalue weighted by Crippen LogP contribution is 2.32. The third kappa shape index (κ3) is 5.06. The normalized spacial score (nSPS) is 22.0. The lowest BCUT2D eigenvalue weighted by Gasteiger charge is -2.16. The van der Waals surface area contributed by atoms with Crippen LogP contribution in [-0.2, 0) is 20.8 Å². The number of fused-ring (bicyclic) bond motifs is 1. The number of carbonyl (C=O) groups is 2. The first-order valence-corrected chi connectivity index (χ1v) is 10.5. The largest absolute Gasteiger partial charge is 0.447 e. The Hall–Kier alpha value is -3.81. The van der Waals surface area contributed by atoms with E-state index >= 15 is 0 Å². The molecule has 1 saturated heterocycles. The summed E-state index contributed by atoms with van der Waals surface area (Å²) in [5, 5.41) is 26.3. The number of amides is 2. The fourth-order valence-corrected chi connectivity index (χ4v) is 3.52. The van der Waals surface area contributed by atoms with E-state index in [-0.39, 0.29) is 13.2 Å². The summed E-state index contributed by atoms with van der Waals surface area (Å²) in [5.74, 6) is -0.227. The minimum Gasteiger partial charge on any atom is -0.447 e. The second-order valence-corrected chi connectivity index (χ2v) is 7.85. The maximum Gasteiger partial charge on any atom is 0.407 e. The number of rotatable bonds is 8. The Labute approximate surface area is 193 Å². The minimum absolute atomic E-state index is 0.357. The highest BCUT2D eigenvalue weighted by Gasteiger charge is 2.45. The van der Waals surface area contributed by atoms with Crippen molar-refractivity contribution in [2.75, 3.05) is 18.5 Å². The van der Waals surface area contributed by atoms with Gasteiger partial charge in [0.1, 0.15) is 31.2 Å². The van der Waals surface area contributed by atoms with Gasteiger partial charge in [0, 0.05) is 6.54 Å². The molecule has 3 aromatic rings. The predicted molar refractivity (Wildman–Crippen MR) is 118 cm³/mol. The standard InChI is InChI=1S/C21H25N7O6/c1-11-2-4-12(5-3-11)6-23-18-15-19(26-9-25-18)28(10-27-15)20-17(31)16(30)13(34-20)8-33-21(32)24-7-14(22)29/h2-5,9-10,13,16-17,20,30-31H,6-8H2,1H3,(H2,22,29)(H,24,32)(H,23,25,26)/t13-,16?,17+,20-/m1/s1. The first kappa shape index (κ1) is 23.4. The van der Waals surface area contributed by atoms with Crippen molar-refractivity contribution in [1.82, 2.24) is 24.8 Å². The van der Waals surface area contributed by atoms with Crippen molar-refractivity contribution < 1.29 is 29.3 Å². The number of ether oxygens (including phenoxy) is 2. The summed E-state index contributed by atoms with van der Waals surface area (Å²) >= 11 is 0.